The molecule has 3 aromatic rings. The van der Waals surface area contributed by atoms with Crippen molar-refractivity contribution in [3.05, 3.63) is 65.9 Å². The number of aryl methyl sites for hydroxylation is 1. The number of ether oxygens (including phenoxy) is 3. The molecule has 164 valence electrons. The molecule has 32 heavy (non-hydrogen) atoms. The smallest absolute Gasteiger partial charge is 0.259 e. The van der Waals surface area contributed by atoms with Crippen LogP contribution < -0.4 is 10.1 Å². The van der Waals surface area contributed by atoms with Crippen LogP contribution in [0.5, 0.6) is 5.75 Å². The van der Waals surface area contributed by atoms with E-state index in [0.717, 1.165) is 16.5 Å². The largest absolute Gasteiger partial charge is 0.491 e. The third kappa shape index (κ3) is 3.59. The van der Waals surface area contributed by atoms with Crippen LogP contribution in [0.1, 0.15) is 25.0 Å². The third-order valence-corrected chi connectivity index (χ3v) is 5.72. The fourth-order valence-corrected chi connectivity index (χ4v) is 4.30. The number of fused-ring (bicyclic) bond motifs is 1. The number of hydrogen-bond acceptors (Lipinski definition) is 5. The van der Waals surface area contributed by atoms with Gasteiger partial charge in [0.2, 0.25) is 0 Å². The molecule has 0 aliphatic carbocycles. The summed E-state index contributed by atoms with van der Waals surface area (Å²) in [5.74, 6) is -0.834. The van der Waals surface area contributed by atoms with Gasteiger partial charge in [-0.2, -0.15) is 0 Å². The van der Waals surface area contributed by atoms with Gasteiger partial charge in [0, 0.05) is 29.7 Å². The molecule has 7 nitrogen and oxygen atoms in total. The SMILES string of the molecule is Cn1cc(C2=C(c3cccc(OC[C@H]4COC(C)(C)O4)c3)C(=O)NC2=O)c2ccccc21. The fourth-order valence-electron chi connectivity index (χ4n) is 4.30. The highest BCUT2D eigenvalue weighted by atomic mass is 16.7. The maximum atomic E-state index is 12.8. The lowest BCUT2D eigenvalue weighted by Crippen LogP contribution is -2.25. The molecule has 1 N–H and O–H groups in total. The van der Waals surface area contributed by atoms with Crippen molar-refractivity contribution in [2.24, 2.45) is 7.05 Å². The fraction of sp³-hybridized carbons (Fsp3) is 0.280. The summed E-state index contributed by atoms with van der Waals surface area (Å²) in [7, 11) is 1.92. The van der Waals surface area contributed by atoms with Crippen molar-refractivity contribution in [2.75, 3.05) is 13.2 Å². The van der Waals surface area contributed by atoms with Crippen molar-refractivity contribution >= 4 is 33.9 Å². The van der Waals surface area contributed by atoms with Gasteiger partial charge in [-0.25, -0.2) is 0 Å². The summed E-state index contributed by atoms with van der Waals surface area (Å²) < 4.78 is 19.2. The first-order valence-electron chi connectivity index (χ1n) is 10.5. The van der Waals surface area contributed by atoms with Gasteiger partial charge in [0.1, 0.15) is 18.5 Å². The van der Waals surface area contributed by atoms with E-state index in [4.69, 9.17) is 14.2 Å². The molecule has 2 aliphatic heterocycles. The van der Waals surface area contributed by atoms with Crippen LogP contribution >= 0.6 is 0 Å². The minimum Gasteiger partial charge on any atom is -0.491 e. The molecular weight excluding hydrogens is 408 g/mol. The maximum Gasteiger partial charge on any atom is 0.259 e. The summed E-state index contributed by atoms with van der Waals surface area (Å²) in [5.41, 5.74) is 3.06. The second-order valence-electron chi connectivity index (χ2n) is 8.49. The molecular formula is C25H24N2O5. The van der Waals surface area contributed by atoms with Crippen LogP contribution in [0.4, 0.5) is 0 Å². The second kappa shape index (κ2) is 7.62. The maximum absolute atomic E-state index is 12.8. The quantitative estimate of drug-likeness (QED) is 0.626. The molecule has 7 heteroatoms. The lowest BCUT2D eigenvalue weighted by Gasteiger charge is -2.17. The van der Waals surface area contributed by atoms with Crippen molar-refractivity contribution in [1.82, 2.24) is 9.88 Å². The average Bonchev–Trinajstić information content (AvgIpc) is 3.39. The van der Waals surface area contributed by atoms with Gasteiger partial charge >= 0.3 is 0 Å². The van der Waals surface area contributed by atoms with Gasteiger partial charge in [0.05, 0.1) is 17.8 Å². The number of aromatic nitrogens is 1. The summed E-state index contributed by atoms with van der Waals surface area (Å²) in [6, 6.07) is 15.0. The van der Waals surface area contributed by atoms with Crippen LogP contribution in [0.25, 0.3) is 22.0 Å². The number of carbonyl (C=O) groups excluding carboxylic acids is 2. The topological polar surface area (TPSA) is 78.8 Å². The number of para-hydroxylation sites is 1. The first-order valence-corrected chi connectivity index (χ1v) is 10.5. The van der Waals surface area contributed by atoms with E-state index in [-0.39, 0.29) is 6.10 Å². The van der Waals surface area contributed by atoms with Crippen LogP contribution in [0.15, 0.2) is 54.7 Å². The summed E-state index contributed by atoms with van der Waals surface area (Å²) in [4.78, 5) is 25.6. The first-order chi connectivity index (χ1) is 15.3. The lowest BCUT2D eigenvalue weighted by molar-refractivity contribution is -0.141. The van der Waals surface area contributed by atoms with Crippen LogP contribution in [-0.4, -0.2) is 41.5 Å². The van der Waals surface area contributed by atoms with Gasteiger partial charge in [-0.3, -0.25) is 14.9 Å². The number of rotatable bonds is 5. The average molecular weight is 432 g/mol. The number of carbonyl (C=O) groups is 2. The Bertz CT molecular complexity index is 1270. The monoisotopic (exact) mass is 432 g/mol. The Balaban J connectivity index is 1.51. The van der Waals surface area contributed by atoms with Gasteiger partial charge in [-0.15, -0.1) is 0 Å². The number of nitrogens with one attached hydrogen (secondary N) is 1. The standard InChI is InChI=1S/C25H24N2O5/c1-25(2)31-14-17(32-25)13-30-16-8-6-7-15(11-16)21-22(24(29)26-23(21)28)19-12-27(3)20-10-5-4-9-18(19)20/h4-12,17H,13-14H2,1-3H3,(H,26,28,29)/t17-/m0/s1. The molecule has 1 atom stereocenters. The third-order valence-electron chi connectivity index (χ3n) is 5.72. The van der Waals surface area contributed by atoms with Crippen molar-refractivity contribution < 1.29 is 23.8 Å². The Hall–Kier alpha value is -3.42. The minimum absolute atomic E-state index is 0.171. The Morgan fingerprint density at radius 1 is 1.09 bits per heavy atom. The molecule has 0 saturated carbocycles. The highest BCUT2D eigenvalue weighted by Gasteiger charge is 2.35. The molecule has 1 aromatic heterocycles. The van der Waals surface area contributed by atoms with Crippen molar-refractivity contribution in [3.63, 3.8) is 0 Å². The molecule has 1 saturated heterocycles. The summed E-state index contributed by atoms with van der Waals surface area (Å²) in [5, 5.41) is 3.37. The normalized spacial score (nSPS) is 20.3. The zero-order chi connectivity index (χ0) is 22.5. The van der Waals surface area contributed by atoms with Crippen molar-refractivity contribution in [2.45, 2.75) is 25.7 Å². The molecule has 0 bridgehead atoms. The van der Waals surface area contributed by atoms with Gasteiger partial charge < -0.3 is 18.8 Å². The van der Waals surface area contributed by atoms with E-state index in [1.54, 1.807) is 6.07 Å². The van der Waals surface area contributed by atoms with Gasteiger partial charge in [0.25, 0.3) is 11.8 Å². The van der Waals surface area contributed by atoms with Crippen LogP contribution in [0.3, 0.4) is 0 Å². The van der Waals surface area contributed by atoms with Gasteiger partial charge in [-0.1, -0.05) is 30.3 Å². The minimum atomic E-state index is -0.615. The lowest BCUT2D eigenvalue weighted by atomic mass is 9.96. The van der Waals surface area contributed by atoms with Crippen LogP contribution in [0.2, 0.25) is 0 Å². The Kier molecular flexibility index (Phi) is 4.87. The molecule has 0 radical (unpaired) electrons. The molecule has 2 aliphatic rings. The number of hydrogen-bond donors (Lipinski definition) is 1. The van der Waals surface area contributed by atoms with Crippen molar-refractivity contribution in [3.8, 4) is 5.75 Å². The molecule has 0 spiro atoms. The highest BCUT2D eigenvalue weighted by Crippen LogP contribution is 2.36. The molecule has 0 unspecified atom stereocenters. The predicted molar refractivity (Wildman–Crippen MR) is 120 cm³/mol. The van der Waals surface area contributed by atoms with Crippen molar-refractivity contribution in [1.29, 1.82) is 0 Å². The summed E-state index contributed by atoms with van der Waals surface area (Å²) in [6.07, 6.45) is 1.72. The van der Waals surface area contributed by atoms with E-state index in [9.17, 15) is 9.59 Å². The number of benzene rings is 2. The van der Waals surface area contributed by atoms with Gasteiger partial charge in [-0.05, 0) is 37.6 Å². The predicted octanol–water partition coefficient (Wildman–Crippen LogP) is 3.28. The van der Waals surface area contributed by atoms with E-state index < -0.39 is 17.6 Å². The first kappa shape index (κ1) is 20.5. The second-order valence-corrected chi connectivity index (χ2v) is 8.49. The van der Waals surface area contributed by atoms with Crippen LogP contribution in [-0.2, 0) is 26.1 Å². The number of imide groups is 1. The molecule has 2 aromatic carbocycles. The van der Waals surface area contributed by atoms with E-state index in [1.165, 1.54) is 0 Å². The molecule has 2 amide bonds. The van der Waals surface area contributed by atoms with Crippen LogP contribution in [0, 0.1) is 0 Å². The highest BCUT2D eigenvalue weighted by molar-refractivity contribution is 6.50. The number of amides is 2. The van der Waals surface area contributed by atoms with E-state index in [1.807, 2.05) is 74.1 Å². The molecule has 3 heterocycles. The zero-order valence-electron chi connectivity index (χ0n) is 18.2. The Labute approximate surface area is 185 Å². The summed E-state index contributed by atoms with van der Waals surface area (Å²) >= 11 is 0. The number of nitrogens with zero attached hydrogens (tertiary/aromatic N) is 1. The van der Waals surface area contributed by atoms with E-state index >= 15 is 0 Å². The van der Waals surface area contributed by atoms with E-state index in [0.29, 0.717) is 35.7 Å². The molecule has 1 fully saturated rings. The Morgan fingerprint density at radius 3 is 2.66 bits per heavy atom. The Morgan fingerprint density at radius 2 is 1.88 bits per heavy atom. The molecule has 5 rings (SSSR count). The zero-order valence-corrected chi connectivity index (χ0v) is 18.2. The summed E-state index contributed by atoms with van der Waals surface area (Å²) in [6.45, 7) is 4.52. The van der Waals surface area contributed by atoms with Gasteiger partial charge in [0.15, 0.2) is 5.79 Å². The van der Waals surface area contributed by atoms with E-state index in [2.05, 4.69) is 5.32 Å².